The van der Waals surface area contributed by atoms with E-state index in [-0.39, 0.29) is 11.7 Å². The Morgan fingerprint density at radius 1 is 1.41 bits per heavy atom. The Morgan fingerprint density at radius 2 is 2.14 bits per heavy atom. The quantitative estimate of drug-likeness (QED) is 0.809. The number of phenols is 1. The summed E-state index contributed by atoms with van der Waals surface area (Å²) in [5, 5.41) is 17.1. The van der Waals surface area contributed by atoms with Gasteiger partial charge in [-0.25, -0.2) is 0 Å². The summed E-state index contributed by atoms with van der Waals surface area (Å²) in [7, 11) is 0. The average Bonchev–Trinajstić information content (AvgIpc) is 3.14. The number of carbonyl (C=O) groups excluding carboxylic acids is 1. The maximum Gasteiger partial charge on any atom is 0.258 e. The fraction of sp³-hybridized carbons (Fsp3) is 0.375. The first-order chi connectivity index (χ1) is 10.5. The van der Waals surface area contributed by atoms with E-state index in [1.165, 1.54) is 12.8 Å². The van der Waals surface area contributed by atoms with Crippen molar-refractivity contribution in [1.82, 2.24) is 9.78 Å². The molecule has 1 saturated carbocycles. The van der Waals surface area contributed by atoms with Crippen molar-refractivity contribution in [3.05, 3.63) is 40.1 Å². The van der Waals surface area contributed by atoms with Gasteiger partial charge in [-0.15, -0.1) is 0 Å². The second kappa shape index (κ2) is 6.12. The van der Waals surface area contributed by atoms with E-state index in [4.69, 9.17) is 0 Å². The van der Waals surface area contributed by atoms with Crippen LogP contribution < -0.4 is 5.32 Å². The summed E-state index contributed by atoms with van der Waals surface area (Å²) in [4.78, 5) is 12.3. The molecule has 1 aliphatic rings. The predicted molar refractivity (Wildman–Crippen MR) is 88.2 cm³/mol. The fourth-order valence-corrected chi connectivity index (χ4v) is 3.42. The van der Waals surface area contributed by atoms with Crippen molar-refractivity contribution in [2.24, 2.45) is 0 Å². The molecule has 1 fully saturated rings. The van der Waals surface area contributed by atoms with E-state index in [1.807, 2.05) is 11.6 Å². The Hall–Kier alpha value is -1.82. The number of carbonyl (C=O) groups is 1. The van der Waals surface area contributed by atoms with Crippen molar-refractivity contribution >= 4 is 27.5 Å². The number of nitrogens with zero attached hydrogens (tertiary/aromatic N) is 2. The number of aryl methyl sites for hydroxylation is 1. The van der Waals surface area contributed by atoms with Gasteiger partial charge in [0.2, 0.25) is 0 Å². The molecule has 5 nitrogen and oxygen atoms in total. The zero-order valence-corrected chi connectivity index (χ0v) is 13.9. The van der Waals surface area contributed by atoms with Gasteiger partial charge in [-0.05, 0) is 53.4 Å². The van der Waals surface area contributed by atoms with Gasteiger partial charge in [0.1, 0.15) is 0 Å². The van der Waals surface area contributed by atoms with Crippen LogP contribution >= 0.6 is 15.9 Å². The number of hydrogen-bond acceptors (Lipinski definition) is 3. The van der Waals surface area contributed by atoms with Crippen LogP contribution in [0.1, 0.15) is 47.6 Å². The lowest BCUT2D eigenvalue weighted by molar-refractivity contribution is 0.102. The number of halogens is 1. The average molecular weight is 364 g/mol. The Morgan fingerprint density at radius 3 is 2.86 bits per heavy atom. The van der Waals surface area contributed by atoms with E-state index in [1.54, 1.807) is 24.5 Å². The van der Waals surface area contributed by atoms with Crippen LogP contribution in [0.3, 0.4) is 0 Å². The lowest BCUT2D eigenvalue weighted by Gasteiger charge is -2.10. The summed E-state index contributed by atoms with van der Waals surface area (Å²) < 4.78 is 2.44. The smallest absolute Gasteiger partial charge is 0.258 e. The van der Waals surface area contributed by atoms with Crippen molar-refractivity contribution in [2.75, 3.05) is 5.32 Å². The van der Waals surface area contributed by atoms with Gasteiger partial charge in [-0.1, -0.05) is 12.8 Å². The van der Waals surface area contributed by atoms with Gasteiger partial charge in [0.25, 0.3) is 5.91 Å². The van der Waals surface area contributed by atoms with Gasteiger partial charge >= 0.3 is 0 Å². The van der Waals surface area contributed by atoms with Crippen molar-refractivity contribution in [3.8, 4) is 5.75 Å². The van der Waals surface area contributed by atoms with E-state index in [2.05, 4.69) is 26.3 Å². The first-order valence-electron chi connectivity index (χ1n) is 7.39. The van der Waals surface area contributed by atoms with Crippen LogP contribution in [0.15, 0.2) is 29.0 Å². The molecule has 22 heavy (non-hydrogen) atoms. The van der Waals surface area contributed by atoms with Gasteiger partial charge in [-0.3, -0.25) is 9.48 Å². The zero-order chi connectivity index (χ0) is 15.7. The molecule has 3 rings (SSSR count). The maximum absolute atomic E-state index is 12.3. The fourth-order valence-electron chi connectivity index (χ4n) is 2.85. The molecule has 1 amide bonds. The molecule has 6 heteroatoms. The van der Waals surface area contributed by atoms with Crippen LogP contribution in [0.25, 0.3) is 0 Å². The third kappa shape index (κ3) is 3.02. The number of phenolic OH excluding ortho intramolecular Hbond substituents is 1. The summed E-state index contributed by atoms with van der Waals surface area (Å²) in [6.07, 6.45) is 8.04. The van der Waals surface area contributed by atoms with Gasteiger partial charge < -0.3 is 10.4 Å². The number of aromatic hydroxyl groups is 1. The number of amides is 1. The van der Waals surface area contributed by atoms with Crippen LogP contribution in [0.5, 0.6) is 5.75 Å². The topological polar surface area (TPSA) is 67.2 Å². The molecule has 2 aromatic rings. The van der Waals surface area contributed by atoms with E-state index in [0.717, 1.165) is 18.4 Å². The Kier molecular flexibility index (Phi) is 4.20. The van der Waals surface area contributed by atoms with Crippen LogP contribution in [0.4, 0.5) is 5.69 Å². The molecular weight excluding hydrogens is 346 g/mol. The molecule has 0 radical (unpaired) electrons. The highest BCUT2D eigenvalue weighted by atomic mass is 79.9. The van der Waals surface area contributed by atoms with E-state index in [9.17, 15) is 9.90 Å². The minimum atomic E-state index is -0.267. The molecular formula is C16H18BrN3O2. The Labute approximate surface area is 137 Å². The molecule has 0 spiro atoms. The molecule has 0 aliphatic heterocycles. The third-order valence-electron chi connectivity index (χ3n) is 4.02. The minimum Gasteiger partial charge on any atom is -0.505 e. The summed E-state index contributed by atoms with van der Waals surface area (Å²) in [6, 6.07) is 3.94. The SMILES string of the molecule is Cc1cc(Br)c(O)c(NC(=O)c2cnn(C3CCCC3)c2)c1. The van der Waals surface area contributed by atoms with Crippen LogP contribution in [0.2, 0.25) is 0 Å². The van der Waals surface area contributed by atoms with Crippen LogP contribution in [-0.2, 0) is 0 Å². The second-order valence-corrected chi connectivity index (χ2v) is 6.60. The summed E-state index contributed by atoms with van der Waals surface area (Å²) in [5.41, 5.74) is 1.84. The van der Waals surface area contributed by atoms with Crippen LogP contribution in [0, 0.1) is 6.92 Å². The zero-order valence-electron chi connectivity index (χ0n) is 12.3. The first-order valence-corrected chi connectivity index (χ1v) is 8.18. The molecule has 116 valence electrons. The molecule has 1 aliphatic carbocycles. The van der Waals surface area contributed by atoms with Gasteiger partial charge in [-0.2, -0.15) is 5.10 Å². The summed E-state index contributed by atoms with van der Waals surface area (Å²) in [5.74, 6) is -0.237. The number of nitrogens with one attached hydrogen (secondary N) is 1. The second-order valence-electron chi connectivity index (χ2n) is 5.74. The monoisotopic (exact) mass is 363 g/mol. The number of hydrogen-bond donors (Lipinski definition) is 2. The van der Waals surface area contributed by atoms with Crippen molar-refractivity contribution in [2.45, 2.75) is 38.6 Å². The lowest BCUT2D eigenvalue weighted by atomic mass is 10.2. The van der Waals surface area contributed by atoms with Crippen LogP contribution in [-0.4, -0.2) is 20.8 Å². The molecule has 0 atom stereocenters. The first kappa shape index (κ1) is 15.1. The highest BCUT2D eigenvalue weighted by Gasteiger charge is 2.19. The van der Waals surface area contributed by atoms with E-state index >= 15 is 0 Å². The predicted octanol–water partition coefficient (Wildman–Crippen LogP) is 4.03. The highest BCUT2D eigenvalue weighted by molar-refractivity contribution is 9.10. The standard InChI is InChI=1S/C16H18BrN3O2/c1-10-6-13(17)15(21)14(7-10)19-16(22)11-8-18-20(9-11)12-4-2-3-5-12/h6-9,12,21H,2-5H2,1H3,(H,19,22). The Bertz CT molecular complexity index is 705. The number of rotatable bonds is 3. The van der Waals surface area contributed by atoms with E-state index < -0.39 is 0 Å². The summed E-state index contributed by atoms with van der Waals surface area (Å²) >= 11 is 3.27. The summed E-state index contributed by atoms with van der Waals surface area (Å²) in [6.45, 7) is 1.90. The number of benzene rings is 1. The molecule has 1 aromatic carbocycles. The van der Waals surface area contributed by atoms with Gasteiger partial charge in [0.05, 0.1) is 28.0 Å². The normalized spacial score (nSPS) is 15.2. The van der Waals surface area contributed by atoms with Gasteiger partial charge in [0.15, 0.2) is 5.75 Å². The number of anilines is 1. The molecule has 1 heterocycles. The van der Waals surface area contributed by atoms with Crippen molar-refractivity contribution in [3.63, 3.8) is 0 Å². The Balaban J connectivity index is 1.77. The van der Waals surface area contributed by atoms with E-state index in [0.29, 0.717) is 21.8 Å². The number of aromatic nitrogens is 2. The van der Waals surface area contributed by atoms with Gasteiger partial charge in [0, 0.05) is 6.20 Å². The molecule has 2 N–H and O–H groups in total. The molecule has 0 saturated heterocycles. The maximum atomic E-state index is 12.3. The minimum absolute atomic E-state index is 0.0298. The molecule has 1 aromatic heterocycles. The lowest BCUT2D eigenvalue weighted by Crippen LogP contribution is -2.12. The highest BCUT2D eigenvalue weighted by Crippen LogP contribution is 2.34. The largest absolute Gasteiger partial charge is 0.505 e. The molecule has 0 unspecified atom stereocenters. The third-order valence-corrected chi connectivity index (χ3v) is 4.62. The molecule has 0 bridgehead atoms. The van der Waals surface area contributed by atoms with Crippen molar-refractivity contribution in [1.29, 1.82) is 0 Å². The van der Waals surface area contributed by atoms with Crippen molar-refractivity contribution < 1.29 is 9.90 Å².